The molecular weight excluding hydrogens is 204 g/mol. The summed E-state index contributed by atoms with van der Waals surface area (Å²) in [5.41, 5.74) is 0.428. The molecule has 5 heteroatoms. The van der Waals surface area contributed by atoms with Gasteiger partial charge < -0.3 is 9.73 Å². The maximum Gasteiger partial charge on any atom is 0.148 e. The number of nitriles is 1. The van der Waals surface area contributed by atoms with Crippen LogP contribution in [0.4, 0.5) is 5.82 Å². The van der Waals surface area contributed by atoms with E-state index in [2.05, 4.69) is 15.3 Å². The Kier molecular flexibility index (Phi) is 2.83. The molecule has 0 saturated carbocycles. The molecule has 0 radical (unpaired) electrons. The van der Waals surface area contributed by atoms with E-state index in [0.717, 1.165) is 5.76 Å². The van der Waals surface area contributed by atoms with Gasteiger partial charge in [-0.25, -0.2) is 9.97 Å². The Morgan fingerprint density at radius 1 is 1.56 bits per heavy atom. The van der Waals surface area contributed by atoms with Crippen molar-refractivity contribution in [1.82, 2.24) is 9.97 Å². The van der Waals surface area contributed by atoms with Crippen LogP contribution in [0.3, 0.4) is 0 Å². The molecule has 0 aliphatic heterocycles. The van der Waals surface area contributed by atoms with Crippen molar-refractivity contribution >= 4 is 5.82 Å². The van der Waals surface area contributed by atoms with Crippen LogP contribution in [0.2, 0.25) is 0 Å². The van der Waals surface area contributed by atoms with Crippen LogP contribution in [-0.4, -0.2) is 9.97 Å². The molecule has 0 aromatic carbocycles. The summed E-state index contributed by atoms with van der Waals surface area (Å²) in [6, 6.07) is 5.70. The van der Waals surface area contributed by atoms with Gasteiger partial charge in [0.15, 0.2) is 0 Å². The zero-order valence-electron chi connectivity index (χ0n) is 8.77. The van der Waals surface area contributed by atoms with E-state index in [9.17, 15) is 0 Å². The summed E-state index contributed by atoms with van der Waals surface area (Å²) in [5.74, 6) is 1.95. The topological polar surface area (TPSA) is 74.7 Å². The number of aryl methyl sites for hydroxylation is 1. The summed E-state index contributed by atoms with van der Waals surface area (Å²) < 4.78 is 5.17. The van der Waals surface area contributed by atoms with E-state index in [0.29, 0.717) is 23.8 Å². The van der Waals surface area contributed by atoms with Crippen molar-refractivity contribution in [3.63, 3.8) is 0 Å². The van der Waals surface area contributed by atoms with Crippen molar-refractivity contribution in [2.24, 2.45) is 0 Å². The van der Waals surface area contributed by atoms with Crippen LogP contribution in [0.1, 0.15) is 17.1 Å². The Morgan fingerprint density at radius 3 is 3.12 bits per heavy atom. The maximum atomic E-state index is 8.87. The van der Waals surface area contributed by atoms with Crippen LogP contribution >= 0.6 is 0 Å². The van der Waals surface area contributed by atoms with Crippen molar-refractivity contribution in [3.8, 4) is 6.07 Å². The average Bonchev–Trinajstić information content (AvgIpc) is 2.79. The third kappa shape index (κ3) is 2.17. The summed E-state index contributed by atoms with van der Waals surface area (Å²) in [4.78, 5) is 8.12. The van der Waals surface area contributed by atoms with Crippen LogP contribution in [-0.2, 0) is 6.54 Å². The van der Waals surface area contributed by atoms with E-state index in [1.165, 1.54) is 6.20 Å². The molecule has 2 aromatic rings. The van der Waals surface area contributed by atoms with Crippen molar-refractivity contribution in [2.45, 2.75) is 13.5 Å². The lowest BCUT2D eigenvalue weighted by Gasteiger charge is -2.05. The first kappa shape index (κ1) is 10.2. The van der Waals surface area contributed by atoms with Crippen molar-refractivity contribution < 1.29 is 4.42 Å². The third-order valence-electron chi connectivity index (χ3n) is 2.04. The molecule has 2 heterocycles. The fraction of sp³-hybridized carbons (Fsp3) is 0.182. The zero-order valence-corrected chi connectivity index (χ0v) is 8.77. The van der Waals surface area contributed by atoms with Gasteiger partial charge in [0.2, 0.25) is 0 Å². The molecule has 2 aromatic heterocycles. The molecule has 0 bridgehead atoms. The predicted octanol–water partition coefficient (Wildman–Crippen LogP) is 1.86. The Labute approximate surface area is 92.8 Å². The highest BCUT2D eigenvalue weighted by Crippen LogP contribution is 2.11. The summed E-state index contributed by atoms with van der Waals surface area (Å²) in [7, 11) is 0. The minimum absolute atomic E-state index is 0.428. The predicted molar refractivity (Wildman–Crippen MR) is 57.5 cm³/mol. The quantitative estimate of drug-likeness (QED) is 0.844. The Bertz CT molecular complexity index is 513. The molecule has 0 fully saturated rings. The number of hydrogen-bond acceptors (Lipinski definition) is 5. The van der Waals surface area contributed by atoms with Gasteiger partial charge in [0.05, 0.1) is 19.0 Å². The van der Waals surface area contributed by atoms with Gasteiger partial charge in [-0.1, -0.05) is 0 Å². The number of rotatable bonds is 3. The lowest BCUT2D eigenvalue weighted by atomic mass is 10.3. The molecule has 5 nitrogen and oxygen atoms in total. The smallest absolute Gasteiger partial charge is 0.148 e. The summed E-state index contributed by atoms with van der Waals surface area (Å²) >= 11 is 0. The molecule has 2 rings (SSSR count). The molecule has 0 amide bonds. The first-order valence-corrected chi connectivity index (χ1v) is 4.79. The highest BCUT2D eigenvalue weighted by Gasteiger charge is 2.05. The second-order valence-corrected chi connectivity index (χ2v) is 3.22. The highest BCUT2D eigenvalue weighted by molar-refractivity contribution is 5.50. The van der Waals surface area contributed by atoms with E-state index < -0.39 is 0 Å². The van der Waals surface area contributed by atoms with Crippen LogP contribution in [0.15, 0.2) is 29.0 Å². The minimum Gasteiger partial charge on any atom is -0.467 e. The fourth-order valence-electron chi connectivity index (χ4n) is 1.27. The standard InChI is InChI=1S/C11H10N4O/c1-8-13-6-9(5-12)11(15-8)14-7-10-3-2-4-16-10/h2-4,6H,7H2,1H3,(H,13,14,15). The average molecular weight is 214 g/mol. The number of nitrogens with zero attached hydrogens (tertiary/aromatic N) is 3. The first-order valence-electron chi connectivity index (χ1n) is 4.79. The molecule has 0 unspecified atom stereocenters. The summed E-state index contributed by atoms with van der Waals surface area (Å²) in [6.07, 6.45) is 3.11. The molecule has 16 heavy (non-hydrogen) atoms. The van der Waals surface area contributed by atoms with E-state index in [-0.39, 0.29) is 0 Å². The number of hydrogen-bond donors (Lipinski definition) is 1. The normalized spacial score (nSPS) is 9.75. The summed E-state index contributed by atoms with van der Waals surface area (Å²) in [5, 5.41) is 11.9. The molecular formula is C11H10N4O. The Morgan fingerprint density at radius 2 is 2.44 bits per heavy atom. The molecule has 1 N–H and O–H groups in total. The van der Waals surface area contributed by atoms with Gasteiger partial charge in [-0.2, -0.15) is 5.26 Å². The number of furan rings is 1. The zero-order chi connectivity index (χ0) is 11.4. The largest absolute Gasteiger partial charge is 0.467 e. The van der Waals surface area contributed by atoms with Crippen LogP contribution in [0, 0.1) is 18.3 Å². The van der Waals surface area contributed by atoms with Crippen molar-refractivity contribution in [3.05, 3.63) is 41.7 Å². The molecule has 0 atom stereocenters. The van der Waals surface area contributed by atoms with Gasteiger partial charge in [0, 0.05) is 0 Å². The van der Waals surface area contributed by atoms with E-state index in [4.69, 9.17) is 9.68 Å². The summed E-state index contributed by atoms with van der Waals surface area (Å²) in [6.45, 7) is 2.28. The monoisotopic (exact) mass is 214 g/mol. The first-order chi connectivity index (χ1) is 7.79. The van der Waals surface area contributed by atoms with E-state index >= 15 is 0 Å². The van der Waals surface area contributed by atoms with Gasteiger partial charge in [-0.3, -0.25) is 0 Å². The van der Waals surface area contributed by atoms with Gasteiger partial charge in [-0.05, 0) is 19.1 Å². The lowest BCUT2D eigenvalue weighted by molar-refractivity contribution is 0.517. The van der Waals surface area contributed by atoms with Gasteiger partial charge in [-0.15, -0.1) is 0 Å². The molecule has 0 spiro atoms. The minimum atomic E-state index is 0.428. The SMILES string of the molecule is Cc1ncc(C#N)c(NCc2ccco2)n1. The lowest BCUT2D eigenvalue weighted by Crippen LogP contribution is -2.04. The maximum absolute atomic E-state index is 8.87. The van der Waals surface area contributed by atoms with Crippen molar-refractivity contribution in [1.29, 1.82) is 5.26 Å². The highest BCUT2D eigenvalue weighted by atomic mass is 16.3. The van der Waals surface area contributed by atoms with E-state index in [1.807, 2.05) is 18.2 Å². The second kappa shape index (κ2) is 4.45. The Balaban J connectivity index is 2.15. The van der Waals surface area contributed by atoms with Gasteiger partial charge in [0.1, 0.15) is 29.0 Å². The van der Waals surface area contributed by atoms with Crippen molar-refractivity contribution in [2.75, 3.05) is 5.32 Å². The van der Waals surface area contributed by atoms with E-state index in [1.54, 1.807) is 13.2 Å². The molecule has 80 valence electrons. The van der Waals surface area contributed by atoms with Gasteiger partial charge >= 0.3 is 0 Å². The number of anilines is 1. The third-order valence-corrected chi connectivity index (χ3v) is 2.04. The fourth-order valence-corrected chi connectivity index (χ4v) is 1.27. The van der Waals surface area contributed by atoms with Crippen LogP contribution in [0.25, 0.3) is 0 Å². The molecule has 0 aliphatic carbocycles. The number of aromatic nitrogens is 2. The second-order valence-electron chi connectivity index (χ2n) is 3.22. The van der Waals surface area contributed by atoms with Crippen LogP contribution < -0.4 is 5.32 Å². The number of nitrogens with one attached hydrogen (secondary N) is 1. The molecule has 0 aliphatic rings. The Hall–Kier alpha value is -2.35. The molecule has 0 saturated heterocycles. The van der Waals surface area contributed by atoms with Crippen LogP contribution in [0.5, 0.6) is 0 Å². The van der Waals surface area contributed by atoms with Gasteiger partial charge in [0.25, 0.3) is 0 Å².